The van der Waals surface area contributed by atoms with Crippen LogP contribution in [0.15, 0.2) is 59.5 Å². The second kappa shape index (κ2) is 6.87. The summed E-state index contributed by atoms with van der Waals surface area (Å²) in [5.74, 6) is -1.05. The number of benzene rings is 2. The van der Waals surface area contributed by atoms with Crippen LogP contribution in [0.1, 0.15) is 11.1 Å². The lowest BCUT2D eigenvalue weighted by Gasteiger charge is -2.14. The van der Waals surface area contributed by atoms with Gasteiger partial charge in [0.15, 0.2) is 0 Å². The predicted octanol–water partition coefficient (Wildman–Crippen LogP) is 4.49. The van der Waals surface area contributed by atoms with Crippen molar-refractivity contribution in [1.29, 1.82) is 0 Å². The number of aliphatic carboxylic acids is 1. The first kappa shape index (κ1) is 16.4. The molecule has 0 aliphatic heterocycles. The number of thioether (sulfide) groups is 1. The van der Waals surface area contributed by atoms with Crippen molar-refractivity contribution in [3.8, 4) is 0 Å². The Morgan fingerprint density at radius 1 is 1.09 bits per heavy atom. The summed E-state index contributed by atoms with van der Waals surface area (Å²) in [7, 11) is 0. The van der Waals surface area contributed by atoms with Gasteiger partial charge in [-0.3, -0.25) is 4.79 Å². The van der Waals surface area contributed by atoms with E-state index in [1.807, 2.05) is 6.07 Å². The van der Waals surface area contributed by atoms with Gasteiger partial charge in [0.25, 0.3) is 0 Å². The van der Waals surface area contributed by atoms with Gasteiger partial charge in [0, 0.05) is 4.90 Å². The van der Waals surface area contributed by atoms with E-state index < -0.39 is 23.0 Å². The molecule has 1 N–H and O–H groups in total. The third kappa shape index (κ3) is 4.53. The molecule has 0 spiro atoms. The Morgan fingerprint density at radius 3 is 2.36 bits per heavy atom. The maximum atomic E-state index is 12.7. The molecule has 0 saturated heterocycles. The first-order chi connectivity index (χ1) is 10.4. The molecule has 0 aromatic heterocycles. The monoisotopic (exact) mass is 326 g/mol. The average molecular weight is 326 g/mol. The van der Waals surface area contributed by atoms with Gasteiger partial charge in [-0.1, -0.05) is 36.4 Å². The van der Waals surface area contributed by atoms with Crippen molar-refractivity contribution in [2.75, 3.05) is 0 Å². The van der Waals surface area contributed by atoms with Crippen LogP contribution in [0.2, 0.25) is 0 Å². The Hall–Kier alpha value is -1.95. The predicted molar refractivity (Wildman–Crippen MR) is 78.9 cm³/mol. The molecule has 2 nitrogen and oxygen atoms in total. The van der Waals surface area contributed by atoms with Crippen molar-refractivity contribution in [3.05, 3.63) is 65.7 Å². The molecule has 0 aliphatic rings. The highest BCUT2D eigenvalue weighted by atomic mass is 32.2. The summed E-state index contributed by atoms with van der Waals surface area (Å²) in [6.45, 7) is 0. The number of hydrogen-bond donors (Lipinski definition) is 1. The van der Waals surface area contributed by atoms with Crippen LogP contribution in [-0.4, -0.2) is 16.3 Å². The molecule has 116 valence electrons. The summed E-state index contributed by atoms with van der Waals surface area (Å²) in [6, 6.07) is 13.7. The molecule has 0 bridgehead atoms. The number of carbonyl (C=O) groups is 1. The molecule has 22 heavy (non-hydrogen) atoms. The fourth-order valence-electron chi connectivity index (χ4n) is 1.93. The zero-order valence-corrected chi connectivity index (χ0v) is 12.2. The van der Waals surface area contributed by atoms with Crippen molar-refractivity contribution in [3.63, 3.8) is 0 Å². The van der Waals surface area contributed by atoms with Gasteiger partial charge in [0.05, 0.1) is 5.56 Å². The SMILES string of the molecule is O=C(O)C(Cc1cccc(C(F)(F)F)c1)Sc1ccccc1. The lowest BCUT2D eigenvalue weighted by atomic mass is 10.1. The van der Waals surface area contributed by atoms with E-state index in [2.05, 4.69) is 0 Å². The summed E-state index contributed by atoms with van der Waals surface area (Å²) in [5, 5.41) is 8.44. The van der Waals surface area contributed by atoms with E-state index in [1.165, 1.54) is 12.1 Å². The lowest BCUT2D eigenvalue weighted by Crippen LogP contribution is -2.19. The number of carboxylic acids is 1. The smallest absolute Gasteiger partial charge is 0.416 e. The highest BCUT2D eigenvalue weighted by Gasteiger charge is 2.30. The highest BCUT2D eigenvalue weighted by molar-refractivity contribution is 8.00. The van der Waals surface area contributed by atoms with Crippen molar-refractivity contribution in [1.82, 2.24) is 0 Å². The molecule has 6 heteroatoms. The van der Waals surface area contributed by atoms with Gasteiger partial charge in [-0.25, -0.2) is 0 Å². The van der Waals surface area contributed by atoms with Gasteiger partial charge in [0.2, 0.25) is 0 Å². The second-order valence-electron chi connectivity index (χ2n) is 4.66. The van der Waals surface area contributed by atoms with Crippen LogP contribution in [-0.2, 0) is 17.4 Å². The lowest BCUT2D eigenvalue weighted by molar-refractivity contribution is -0.137. The molecule has 0 fully saturated rings. The summed E-state index contributed by atoms with van der Waals surface area (Å²) < 4.78 is 38.1. The molecule has 0 amide bonds. The molecule has 2 rings (SSSR count). The van der Waals surface area contributed by atoms with Crippen molar-refractivity contribution >= 4 is 17.7 Å². The Kier molecular flexibility index (Phi) is 5.13. The number of alkyl halides is 3. The largest absolute Gasteiger partial charge is 0.480 e. The van der Waals surface area contributed by atoms with E-state index in [0.717, 1.165) is 28.8 Å². The highest BCUT2D eigenvalue weighted by Crippen LogP contribution is 2.31. The molecule has 2 aromatic carbocycles. The zero-order valence-electron chi connectivity index (χ0n) is 11.4. The fourth-order valence-corrected chi connectivity index (χ4v) is 2.95. The Bertz CT molecular complexity index is 641. The fraction of sp³-hybridized carbons (Fsp3) is 0.188. The van der Waals surface area contributed by atoms with Crippen LogP contribution in [0.4, 0.5) is 13.2 Å². The van der Waals surface area contributed by atoms with Crippen LogP contribution in [0.3, 0.4) is 0 Å². The van der Waals surface area contributed by atoms with E-state index in [4.69, 9.17) is 0 Å². The summed E-state index contributed by atoms with van der Waals surface area (Å²) in [5.41, 5.74) is -0.412. The van der Waals surface area contributed by atoms with Gasteiger partial charge >= 0.3 is 12.1 Å². The first-order valence-corrected chi connectivity index (χ1v) is 7.35. The van der Waals surface area contributed by atoms with Gasteiger partial charge in [0.1, 0.15) is 5.25 Å². The molecule has 0 heterocycles. The summed E-state index contributed by atoms with van der Waals surface area (Å²) in [4.78, 5) is 12.1. The van der Waals surface area contributed by atoms with E-state index in [-0.39, 0.29) is 6.42 Å². The quantitative estimate of drug-likeness (QED) is 0.822. The minimum atomic E-state index is -4.43. The van der Waals surface area contributed by atoms with Crippen LogP contribution < -0.4 is 0 Å². The van der Waals surface area contributed by atoms with Gasteiger partial charge < -0.3 is 5.11 Å². The van der Waals surface area contributed by atoms with E-state index in [9.17, 15) is 23.1 Å². The Labute approximate surface area is 130 Å². The van der Waals surface area contributed by atoms with Crippen LogP contribution >= 0.6 is 11.8 Å². The van der Waals surface area contributed by atoms with E-state index >= 15 is 0 Å². The van der Waals surface area contributed by atoms with E-state index in [0.29, 0.717) is 5.56 Å². The molecule has 0 radical (unpaired) electrons. The van der Waals surface area contributed by atoms with Crippen LogP contribution in [0.5, 0.6) is 0 Å². The molecule has 2 aromatic rings. The van der Waals surface area contributed by atoms with Crippen molar-refractivity contribution in [2.24, 2.45) is 0 Å². The third-order valence-electron chi connectivity index (χ3n) is 2.97. The van der Waals surface area contributed by atoms with E-state index in [1.54, 1.807) is 24.3 Å². The normalized spacial score (nSPS) is 12.9. The molecule has 0 saturated carbocycles. The number of hydrogen-bond acceptors (Lipinski definition) is 2. The number of carboxylic acid groups (broad SMARTS) is 1. The summed E-state index contributed by atoms with van der Waals surface area (Å²) >= 11 is 1.12. The van der Waals surface area contributed by atoms with Gasteiger partial charge in [-0.2, -0.15) is 13.2 Å². The van der Waals surface area contributed by atoms with Crippen molar-refractivity contribution in [2.45, 2.75) is 22.7 Å². The first-order valence-electron chi connectivity index (χ1n) is 6.47. The van der Waals surface area contributed by atoms with Crippen LogP contribution in [0, 0.1) is 0 Å². The minimum Gasteiger partial charge on any atom is -0.480 e. The molecular formula is C16H13F3O2S. The second-order valence-corrected chi connectivity index (χ2v) is 5.94. The zero-order chi connectivity index (χ0) is 16.2. The maximum absolute atomic E-state index is 12.7. The molecule has 0 aliphatic carbocycles. The summed E-state index contributed by atoms with van der Waals surface area (Å²) in [6.07, 6.45) is -4.40. The van der Waals surface area contributed by atoms with Gasteiger partial charge in [-0.15, -0.1) is 11.8 Å². The molecule has 1 unspecified atom stereocenters. The Morgan fingerprint density at radius 2 is 1.77 bits per heavy atom. The molecular weight excluding hydrogens is 313 g/mol. The maximum Gasteiger partial charge on any atom is 0.416 e. The number of rotatable bonds is 5. The van der Waals surface area contributed by atoms with Crippen molar-refractivity contribution < 1.29 is 23.1 Å². The number of halogens is 3. The topological polar surface area (TPSA) is 37.3 Å². The molecule has 1 atom stereocenters. The average Bonchev–Trinajstić information content (AvgIpc) is 2.47. The van der Waals surface area contributed by atoms with Gasteiger partial charge in [-0.05, 0) is 30.2 Å². The van der Waals surface area contributed by atoms with Crippen LogP contribution in [0.25, 0.3) is 0 Å². The third-order valence-corrected chi connectivity index (χ3v) is 4.17. The minimum absolute atomic E-state index is 0.0266. The Balaban J connectivity index is 2.16. The standard InChI is InChI=1S/C16H13F3O2S/c17-16(18,19)12-6-4-5-11(9-12)10-14(15(20)21)22-13-7-2-1-3-8-13/h1-9,14H,10H2,(H,20,21).